The van der Waals surface area contributed by atoms with E-state index in [1.165, 1.54) is 32.1 Å². The van der Waals surface area contributed by atoms with Crippen molar-refractivity contribution in [2.45, 2.75) is 52.0 Å². The molecule has 0 aromatic heterocycles. The van der Waals surface area contributed by atoms with Crippen LogP contribution < -0.4 is 5.32 Å². The number of nitrogens with one attached hydrogen (secondary N) is 1. The Balaban J connectivity index is 2.42. The number of hydrogen-bond acceptors (Lipinski definition) is 1. The fraction of sp³-hybridized carbons (Fsp3) is 0.571. The van der Waals surface area contributed by atoms with Crippen molar-refractivity contribution < 1.29 is 0 Å². The Labute approximate surface area is 122 Å². The highest BCUT2D eigenvalue weighted by molar-refractivity contribution is 9.11. The van der Waals surface area contributed by atoms with Crippen molar-refractivity contribution in [3.8, 4) is 0 Å². The van der Waals surface area contributed by atoms with Crippen LogP contribution in [-0.4, -0.2) is 6.04 Å². The van der Waals surface area contributed by atoms with Gasteiger partial charge in [-0.05, 0) is 57.3 Å². The van der Waals surface area contributed by atoms with Crippen LogP contribution in [0, 0.1) is 0 Å². The number of halogens is 2. The van der Waals surface area contributed by atoms with Crippen LogP contribution >= 0.6 is 31.9 Å². The van der Waals surface area contributed by atoms with Gasteiger partial charge < -0.3 is 5.32 Å². The maximum atomic E-state index is 3.58. The second-order valence-electron chi connectivity index (χ2n) is 4.49. The first-order valence-electron chi connectivity index (χ1n) is 6.35. The molecular formula is C14H21Br2N. The predicted molar refractivity (Wildman–Crippen MR) is 83.7 cm³/mol. The SMILES string of the molecule is CCCCCCC(C)Nc1c(Br)cccc1Br. The maximum absolute atomic E-state index is 3.58. The van der Waals surface area contributed by atoms with Gasteiger partial charge in [0.2, 0.25) is 0 Å². The Morgan fingerprint density at radius 1 is 1.12 bits per heavy atom. The molecule has 3 heteroatoms. The lowest BCUT2D eigenvalue weighted by Gasteiger charge is -2.17. The van der Waals surface area contributed by atoms with Crippen LogP contribution in [0.5, 0.6) is 0 Å². The molecule has 96 valence electrons. The molecule has 1 nitrogen and oxygen atoms in total. The van der Waals surface area contributed by atoms with E-state index < -0.39 is 0 Å². The van der Waals surface area contributed by atoms with E-state index in [1.54, 1.807) is 0 Å². The van der Waals surface area contributed by atoms with E-state index in [2.05, 4.69) is 63.2 Å². The minimum atomic E-state index is 0.516. The summed E-state index contributed by atoms with van der Waals surface area (Å²) in [4.78, 5) is 0. The highest BCUT2D eigenvalue weighted by atomic mass is 79.9. The molecule has 0 saturated carbocycles. The van der Waals surface area contributed by atoms with E-state index in [4.69, 9.17) is 0 Å². The Kier molecular flexibility index (Phi) is 7.21. The van der Waals surface area contributed by atoms with Crippen molar-refractivity contribution >= 4 is 37.5 Å². The molecule has 0 spiro atoms. The molecule has 1 aromatic carbocycles. The molecule has 0 fully saturated rings. The number of hydrogen-bond donors (Lipinski definition) is 1. The van der Waals surface area contributed by atoms with Crippen molar-refractivity contribution in [3.05, 3.63) is 27.1 Å². The van der Waals surface area contributed by atoms with Gasteiger partial charge in [-0.1, -0.05) is 38.7 Å². The molecule has 1 atom stereocenters. The molecule has 1 N–H and O–H groups in total. The van der Waals surface area contributed by atoms with Gasteiger partial charge in [0.25, 0.3) is 0 Å². The fourth-order valence-corrected chi connectivity index (χ4v) is 3.06. The summed E-state index contributed by atoms with van der Waals surface area (Å²) in [6, 6.07) is 6.68. The second-order valence-corrected chi connectivity index (χ2v) is 6.20. The largest absolute Gasteiger partial charge is 0.381 e. The standard InChI is InChI=1S/C14H21Br2N/c1-3-4-5-6-8-11(2)17-14-12(15)9-7-10-13(14)16/h7,9-11,17H,3-6,8H2,1-2H3. The molecule has 0 heterocycles. The number of anilines is 1. The summed E-state index contributed by atoms with van der Waals surface area (Å²) in [7, 11) is 0. The molecular weight excluding hydrogens is 342 g/mol. The molecule has 0 radical (unpaired) electrons. The van der Waals surface area contributed by atoms with Gasteiger partial charge in [-0.15, -0.1) is 0 Å². The summed E-state index contributed by atoms with van der Waals surface area (Å²) >= 11 is 7.15. The lowest BCUT2D eigenvalue weighted by Crippen LogP contribution is -2.15. The summed E-state index contributed by atoms with van der Waals surface area (Å²) in [6.45, 7) is 4.50. The molecule has 0 aliphatic carbocycles. The van der Waals surface area contributed by atoms with E-state index in [0.717, 1.165) is 14.6 Å². The molecule has 0 aliphatic heterocycles. The zero-order valence-corrected chi connectivity index (χ0v) is 13.8. The minimum Gasteiger partial charge on any atom is -0.381 e. The van der Waals surface area contributed by atoms with Gasteiger partial charge in [0.05, 0.1) is 5.69 Å². The molecule has 17 heavy (non-hydrogen) atoms. The number of benzene rings is 1. The zero-order chi connectivity index (χ0) is 12.7. The Bertz CT molecular complexity index is 319. The van der Waals surface area contributed by atoms with Crippen molar-refractivity contribution in [2.75, 3.05) is 5.32 Å². The van der Waals surface area contributed by atoms with E-state index >= 15 is 0 Å². The van der Waals surface area contributed by atoms with Crippen LogP contribution in [0.3, 0.4) is 0 Å². The summed E-state index contributed by atoms with van der Waals surface area (Å²) in [6.07, 6.45) is 6.54. The van der Waals surface area contributed by atoms with Crippen LogP contribution in [-0.2, 0) is 0 Å². The van der Waals surface area contributed by atoms with E-state index in [9.17, 15) is 0 Å². The first-order chi connectivity index (χ1) is 8.15. The van der Waals surface area contributed by atoms with Crippen LogP contribution in [0.25, 0.3) is 0 Å². The molecule has 0 bridgehead atoms. The normalized spacial score (nSPS) is 12.5. The van der Waals surface area contributed by atoms with E-state index in [-0.39, 0.29) is 0 Å². The van der Waals surface area contributed by atoms with Crippen LogP contribution in [0.4, 0.5) is 5.69 Å². The molecule has 0 aliphatic rings. The van der Waals surface area contributed by atoms with Crippen molar-refractivity contribution in [1.82, 2.24) is 0 Å². The van der Waals surface area contributed by atoms with Gasteiger partial charge in [0, 0.05) is 15.0 Å². The van der Waals surface area contributed by atoms with Gasteiger partial charge in [-0.2, -0.15) is 0 Å². The predicted octanol–water partition coefficient (Wildman–Crippen LogP) is 5.98. The number of rotatable bonds is 7. The van der Waals surface area contributed by atoms with E-state index in [0.29, 0.717) is 6.04 Å². The number of para-hydroxylation sites is 1. The van der Waals surface area contributed by atoms with Crippen molar-refractivity contribution in [2.24, 2.45) is 0 Å². The molecule has 1 aromatic rings. The topological polar surface area (TPSA) is 12.0 Å². The zero-order valence-electron chi connectivity index (χ0n) is 10.6. The van der Waals surface area contributed by atoms with Crippen LogP contribution in [0.15, 0.2) is 27.1 Å². The average molecular weight is 363 g/mol. The minimum absolute atomic E-state index is 0.516. The second kappa shape index (κ2) is 8.15. The van der Waals surface area contributed by atoms with Gasteiger partial charge >= 0.3 is 0 Å². The Hall–Kier alpha value is -0.0200. The maximum Gasteiger partial charge on any atom is 0.0631 e. The van der Waals surface area contributed by atoms with Crippen LogP contribution in [0.2, 0.25) is 0 Å². The lowest BCUT2D eigenvalue weighted by molar-refractivity contribution is 0.594. The third-order valence-corrected chi connectivity index (χ3v) is 4.17. The highest BCUT2D eigenvalue weighted by Gasteiger charge is 2.07. The van der Waals surface area contributed by atoms with E-state index in [1.807, 2.05) is 6.07 Å². The quantitative estimate of drug-likeness (QED) is 0.588. The summed E-state index contributed by atoms with van der Waals surface area (Å²) < 4.78 is 2.24. The first kappa shape index (κ1) is 15.0. The van der Waals surface area contributed by atoms with Gasteiger partial charge in [0.15, 0.2) is 0 Å². The summed E-state index contributed by atoms with van der Waals surface area (Å²) in [5, 5.41) is 3.56. The molecule has 0 saturated heterocycles. The van der Waals surface area contributed by atoms with Crippen molar-refractivity contribution in [3.63, 3.8) is 0 Å². The average Bonchev–Trinajstić information content (AvgIpc) is 2.30. The third-order valence-electron chi connectivity index (χ3n) is 2.84. The van der Waals surface area contributed by atoms with Crippen LogP contribution in [0.1, 0.15) is 46.0 Å². The Morgan fingerprint density at radius 3 is 2.35 bits per heavy atom. The van der Waals surface area contributed by atoms with Gasteiger partial charge in [-0.25, -0.2) is 0 Å². The highest BCUT2D eigenvalue weighted by Crippen LogP contribution is 2.31. The van der Waals surface area contributed by atoms with Gasteiger partial charge in [0.1, 0.15) is 0 Å². The molecule has 0 amide bonds. The number of unbranched alkanes of at least 4 members (excludes halogenated alkanes) is 3. The smallest absolute Gasteiger partial charge is 0.0631 e. The summed E-state index contributed by atoms with van der Waals surface area (Å²) in [5.74, 6) is 0. The molecule has 1 rings (SSSR count). The summed E-state index contributed by atoms with van der Waals surface area (Å²) in [5.41, 5.74) is 1.16. The monoisotopic (exact) mass is 361 g/mol. The molecule has 1 unspecified atom stereocenters. The fourth-order valence-electron chi connectivity index (χ4n) is 1.83. The lowest BCUT2D eigenvalue weighted by atomic mass is 10.1. The van der Waals surface area contributed by atoms with Gasteiger partial charge in [-0.3, -0.25) is 0 Å². The van der Waals surface area contributed by atoms with Crippen molar-refractivity contribution in [1.29, 1.82) is 0 Å². The third kappa shape index (κ3) is 5.43. The first-order valence-corrected chi connectivity index (χ1v) is 7.94. The Morgan fingerprint density at radius 2 is 1.76 bits per heavy atom.